The molecule has 46 heavy (non-hydrogen) atoms. The van der Waals surface area contributed by atoms with Gasteiger partial charge in [-0.2, -0.15) is 13.2 Å². The van der Waals surface area contributed by atoms with Gasteiger partial charge in [-0.1, -0.05) is 61.2 Å². The lowest BCUT2D eigenvalue weighted by Gasteiger charge is -2.28. The first kappa shape index (κ1) is 33.4. The number of carbonyl (C=O) groups excluding carboxylic acids is 2. The van der Waals surface area contributed by atoms with Crippen molar-refractivity contribution in [2.75, 3.05) is 13.2 Å². The number of hydrogen-bond donors (Lipinski definition) is 3. The van der Waals surface area contributed by atoms with Gasteiger partial charge >= 0.3 is 12.1 Å². The minimum absolute atomic E-state index is 0.0766. The molecule has 5 rings (SSSR count). The van der Waals surface area contributed by atoms with E-state index >= 15 is 0 Å². The first-order valence-electron chi connectivity index (χ1n) is 15.2. The van der Waals surface area contributed by atoms with E-state index in [2.05, 4.69) is 21.9 Å². The van der Waals surface area contributed by atoms with Crippen LogP contribution in [0.4, 0.5) is 13.2 Å². The fraction of sp³-hybridized carbons (Fsp3) is 0.353. The van der Waals surface area contributed by atoms with Crippen molar-refractivity contribution in [3.05, 3.63) is 107 Å². The fourth-order valence-corrected chi connectivity index (χ4v) is 7.13. The lowest BCUT2D eigenvalue weighted by atomic mass is 9.85. The topological polar surface area (TPSA) is 114 Å². The van der Waals surface area contributed by atoms with Crippen LogP contribution in [0.3, 0.4) is 0 Å². The van der Waals surface area contributed by atoms with Crippen LogP contribution < -0.4 is 15.4 Å². The molecule has 0 saturated carbocycles. The molecular formula is C34H36F3N3O5S. The van der Waals surface area contributed by atoms with Gasteiger partial charge in [-0.3, -0.25) is 9.59 Å². The predicted octanol–water partition coefficient (Wildman–Crippen LogP) is 5.62. The molecular weight excluding hydrogens is 619 g/mol. The van der Waals surface area contributed by atoms with Gasteiger partial charge in [-0.25, -0.2) is 13.1 Å². The molecule has 8 nitrogen and oxygen atoms in total. The summed E-state index contributed by atoms with van der Waals surface area (Å²) in [5.74, 6) is -0.704. The summed E-state index contributed by atoms with van der Waals surface area (Å²) in [7, 11) is -4.42. The normalized spacial score (nSPS) is 18.8. The minimum atomic E-state index is -4.71. The van der Waals surface area contributed by atoms with Crippen LogP contribution in [0.15, 0.2) is 84.3 Å². The predicted molar refractivity (Wildman–Crippen MR) is 167 cm³/mol. The molecule has 0 aromatic heterocycles. The van der Waals surface area contributed by atoms with Crippen LogP contribution in [-0.2, 0) is 36.9 Å². The quantitative estimate of drug-likeness (QED) is 0.231. The highest BCUT2D eigenvalue weighted by molar-refractivity contribution is 7.89. The third kappa shape index (κ3) is 8.23. The van der Waals surface area contributed by atoms with Crippen molar-refractivity contribution in [3.63, 3.8) is 0 Å². The number of nitrogens with one attached hydrogen (secondary N) is 3. The molecule has 244 valence electrons. The average Bonchev–Trinajstić information content (AvgIpc) is 3.58. The highest BCUT2D eigenvalue weighted by atomic mass is 32.2. The van der Waals surface area contributed by atoms with Crippen molar-refractivity contribution in [1.29, 1.82) is 0 Å². The van der Waals surface area contributed by atoms with Crippen LogP contribution >= 0.6 is 0 Å². The number of carbonyl (C=O) groups is 2. The molecule has 0 unspecified atom stereocenters. The number of alkyl halides is 3. The van der Waals surface area contributed by atoms with Crippen LogP contribution in [0, 0.1) is 0 Å². The van der Waals surface area contributed by atoms with Crippen LogP contribution in [0.1, 0.15) is 72.0 Å². The van der Waals surface area contributed by atoms with E-state index in [9.17, 15) is 31.2 Å². The molecule has 1 aliphatic carbocycles. The van der Waals surface area contributed by atoms with Gasteiger partial charge in [-0.15, -0.1) is 0 Å². The van der Waals surface area contributed by atoms with E-state index < -0.39 is 38.6 Å². The SMILES string of the molecule is C=C(COC(=O)[C@@H]1CCCN1)c1ccc2c(c1)CCC[C@H]2NC(=O)C[C@@H](NS(=O)(=O)c1cccc(C(F)(F)F)c1)c1ccccc1. The molecule has 2 aliphatic rings. The highest BCUT2D eigenvalue weighted by Gasteiger charge is 2.33. The zero-order valence-electron chi connectivity index (χ0n) is 25.1. The van der Waals surface area contributed by atoms with E-state index in [1.807, 2.05) is 18.2 Å². The molecule has 3 aromatic rings. The molecule has 3 N–H and O–H groups in total. The summed E-state index contributed by atoms with van der Waals surface area (Å²) in [6, 6.07) is 16.1. The third-order valence-electron chi connectivity index (χ3n) is 8.29. The summed E-state index contributed by atoms with van der Waals surface area (Å²) in [4.78, 5) is 25.1. The molecule has 1 heterocycles. The zero-order chi connectivity index (χ0) is 32.9. The monoisotopic (exact) mass is 655 g/mol. The van der Waals surface area contributed by atoms with E-state index in [1.54, 1.807) is 30.3 Å². The number of benzene rings is 3. The largest absolute Gasteiger partial charge is 0.460 e. The number of sulfonamides is 1. The number of esters is 1. The Bertz CT molecular complexity index is 1690. The van der Waals surface area contributed by atoms with E-state index in [0.717, 1.165) is 67.1 Å². The molecule has 1 aliphatic heterocycles. The first-order valence-corrected chi connectivity index (χ1v) is 16.6. The lowest BCUT2D eigenvalue weighted by molar-refractivity contribution is -0.144. The lowest BCUT2D eigenvalue weighted by Crippen LogP contribution is -2.36. The number of hydrogen-bond acceptors (Lipinski definition) is 6. The summed E-state index contributed by atoms with van der Waals surface area (Å²) in [5, 5.41) is 6.15. The Labute approximate surface area is 266 Å². The maximum absolute atomic E-state index is 13.4. The van der Waals surface area contributed by atoms with Crippen molar-refractivity contribution in [2.45, 2.75) is 67.7 Å². The minimum Gasteiger partial charge on any atom is -0.460 e. The van der Waals surface area contributed by atoms with Crippen molar-refractivity contribution >= 4 is 27.5 Å². The van der Waals surface area contributed by atoms with E-state index in [1.165, 1.54) is 0 Å². The summed E-state index contributed by atoms with van der Waals surface area (Å²) >= 11 is 0. The van der Waals surface area contributed by atoms with Crippen molar-refractivity contribution in [3.8, 4) is 0 Å². The number of aryl methyl sites for hydroxylation is 1. The van der Waals surface area contributed by atoms with Gasteiger partial charge in [0.1, 0.15) is 12.6 Å². The maximum Gasteiger partial charge on any atom is 0.416 e. The Kier molecular flexibility index (Phi) is 10.3. The summed E-state index contributed by atoms with van der Waals surface area (Å²) in [6.07, 6.45) is -1.02. The van der Waals surface area contributed by atoms with Crippen molar-refractivity contribution in [1.82, 2.24) is 15.4 Å². The van der Waals surface area contributed by atoms with Crippen LogP contribution in [0.5, 0.6) is 0 Å². The molecule has 1 fully saturated rings. The van der Waals surface area contributed by atoms with Gasteiger partial charge < -0.3 is 15.4 Å². The molecule has 1 amide bonds. The summed E-state index contributed by atoms with van der Waals surface area (Å²) in [6.45, 7) is 4.96. The Morgan fingerprint density at radius 2 is 1.78 bits per heavy atom. The molecule has 1 saturated heterocycles. The molecule has 0 bridgehead atoms. The number of ether oxygens (including phenoxy) is 1. The zero-order valence-corrected chi connectivity index (χ0v) is 25.9. The van der Waals surface area contributed by atoms with Crippen LogP contribution in [-0.4, -0.2) is 39.5 Å². The van der Waals surface area contributed by atoms with Gasteiger partial charge in [0.2, 0.25) is 15.9 Å². The van der Waals surface area contributed by atoms with Gasteiger partial charge in [0, 0.05) is 6.42 Å². The number of halogens is 3. The second-order valence-electron chi connectivity index (χ2n) is 11.6. The van der Waals surface area contributed by atoms with E-state index in [-0.39, 0.29) is 31.1 Å². The van der Waals surface area contributed by atoms with Gasteiger partial charge in [0.15, 0.2) is 0 Å². The molecule has 0 spiro atoms. The second kappa shape index (κ2) is 14.2. The fourth-order valence-electron chi connectivity index (χ4n) is 5.86. The Balaban J connectivity index is 1.27. The number of fused-ring (bicyclic) bond motifs is 1. The summed E-state index contributed by atoms with van der Waals surface area (Å²) < 4.78 is 74.2. The number of amides is 1. The molecule has 3 atom stereocenters. The van der Waals surface area contributed by atoms with Crippen molar-refractivity contribution < 1.29 is 35.9 Å². The second-order valence-corrected chi connectivity index (χ2v) is 13.3. The summed E-state index contributed by atoms with van der Waals surface area (Å²) in [5.41, 5.74) is 2.87. The Morgan fingerprint density at radius 3 is 2.50 bits per heavy atom. The van der Waals surface area contributed by atoms with Gasteiger partial charge in [-0.05, 0) is 84.7 Å². The molecule has 12 heteroatoms. The first-order chi connectivity index (χ1) is 21.9. The average molecular weight is 656 g/mol. The van der Waals surface area contributed by atoms with E-state index in [4.69, 9.17) is 4.74 Å². The molecule has 3 aromatic carbocycles. The Morgan fingerprint density at radius 1 is 1.00 bits per heavy atom. The van der Waals surface area contributed by atoms with Crippen molar-refractivity contribution in [2.24, 2.45) is 0 Å². The van der Waals surface area contributed by atoms with E-state index in [0.29, 0.717) is 23.6 Å². The van der Waals surface area contributed by atoms with Crippen LogP contribution in [0.25, 0.3) is 5.57 Å². The maximum atomic E-state index is 13.4. The molecule has 0 radical (unpaired) electrons. The van der Waals surface area contributed by atoms with Crippen LogP contribution in [0.2, 0.25) is 0 Å². The highest BCUT2D eigenvalue weighted by Crippen LogP contribution is 2.33. The van der Waals surface area contributed by atoms with Gasteiger partial charge in [0.25, 0.3) is 0 Å². The smallest absolute Gasteiger partial charge is 0.416 e. The number of rotatable bonds is 11. The van der Waals surface area contributed by atoms with Gasteiger partial charge in [0.05, 0.1) is 22.5 Å². The third-order valence-corrected chi connectivity index (χ3v) is 9.76. The Hall–Kier alpha value is -4.00. The standard InChI is InChI=1S/C34H36F3N3O5S/c1-22(21-45-33(42)30-14-7-17-38-30)24-15-16-28-25(18-24)10-5-13-29(28)39-32(41)20-31(23-8-3-2-4-9-23)40-46(43,44)27-12-6-11-26(19-27)34(35,36)37/h2-4,6,8-9,11-12,15-16,18-19,29-31,38,40H,1,5,7,10,13-14,17,20-21H2,(H,39,41)/t29-,30+,31-/m1/s1.